The first-order valence-corrected chi connectivity index (χ1v) is 7.44. The molecule has 0 saturated carbocycles. The minimum absolute atomic E-state index is 0.0892. The zero-order valence-electron chi connectivity index (χ0n) is 12.2. The van der Waals surface area contributed by atoms with Crippen molar-refractivity contribution in [1.29, 1.82) is 0 Å². The lowest BCUT2D eigenvalue weighted by molar-refractivity contribution is 0.0691. The summed E-state index contributed by atoms with van der Waals surface area (Å²) in [4.78, 5) is 17.0. The lowest BCUT2D eigenvalue weighted by Gasteiger charge is -2.25. The third-order valence-electron chi connectivity index (χ3n) is 3.38. The number of likely N-dealkylation sites (N-methyl/N-ethyl adjacent to an activating group) is 1. The van der Waals surface area contributed by atoms with Gasteiger partial charge in [0, 0.05) is 18.5 Å². The summed E-state index contributed by atoms with van der Waals surface area (Å²) in [7, 11) is 3.58. The van der Waals surface area contributed by atoms with Gasteiger partial charge in [0.15, 0.2) is 10.8 Å². The van der Waals surface area contributed by atoms with Crippen LogP contribution in [0.1, 0.15) is 23.0 Å². The molecule has 5 nitrogen and oxygen atoms in total. The monoisotopic (exact) mass is 306 g/mol. The van der Waals surface area contributed by atoms with Crippen LogP contribution in [0.25, 0.3) is 0 Å². The van der Waals surface area contributed by atoms with Crippen molar-refractivity contribution in [2.45, 2.75) is 19.4 Å². The summed E-state index contributed by atoms with van der Waals surface area (Å²) in [5.74, 6) is -0.133. The van der Waals surface area contributed by atoms with Crippen molar-refractivity contribution in [3.63, 3.8) is 0 Å². The van der Waals surface area contributed by atoms with Crippen LogP contribution in [0.4, 0.5) is 5.13 Å². The van der Waals surface area contributed by atoms with Gasteiger partial charge in [-0.15, -0.1) is 11.3 Å². The first-order valence-electron chi connectivity index (χ1n) is 6.56. The van der Waals surface area contributed by atoms with Gasteiger partial charge in [-0.05, 0) is 25.0 Å². The molecular formula is C15H18N2O3S. The zero-order valence-corrected chi connectivity index (χ0v) is 13.1. The predicted octanol–water partition coefficient (Wildman–Crippen LogP) is 2.92. The van der Waals surface area contributed by atoms with Gasteiger partial charge in [-0.25, -0.2) is 9.78 Å². The number of hydrogen-bond donors (Lipinski definition) is 1. The number of carboxylic acids is 1. The van der Waals surface area contributed by atoms with E-state index in [-0.39, 0.29) is 11.7 Å². The fourth-order valence-corrected chi connectivity index (χ4v) is 2.91. The number of para-hydroxylation sites is 1. The third-order valence-corrected chi connectivity index (χ3v) is 4.31. The smallest absolute Gasteiger partial charge is 0.355 e. The van der Waals surface area contributed by atoms with E-state index in [4.69, 9.17) is 9.84 Å². The summed E-state index contributed by atoms with van der Waals surface area (Å²) >= 11 is 1.34. The molecule has 0 aliphatic carbocycles. The summed E-state index contributed by atoms with van der Waals surface area (Å²) in [5.41, 5.74) is 1.21. The second kappa shape index (κ2) is 6.58. The van der Waals surface area contributed by atoms with Gasteiger partial charge in [0.25, 0.3) is 0 Å². The third kappa shape index (κ3) is 3.52. The number of hydrogen-bond acceptors (Lipinski definition) is 5. The van der Waals surface area contributed by atoms with Crippen LogP contribution in [-0.4, -0.2) is 36.3 Å². The fraction of sp³-hybridized carbons (Fsp3) is 0.333. The Hall–Kier alpha value is -2.08. The van der Waals surface area contributed by atoms with E-state index in [9.17, 15) is 4.79 Å². The molecule has 0 spiro atoms. The van der Waals surface area contributed by atoms with Gasteiger partial charge >= 0.3 is 5.97 Å². The minimum Gasteiger partial charge on any atom is -0.496 e. The van der Waals surface area contributed by atoms with Crippen LogP contribution < -0.4 is 9.64 Å². The van der Waals surface area contributed by atoms with Gasteiger partial charge in [-0.3, -0.25) is 0 Å². The van der Waals surface area contributed by atoms with Crippen LogP contribution >= 0.6 is 11.3 Å². The Morgan fingerprint density at radius 2 is 2.19 bits per heavy atom. The van der Waals surface area contributed by atoms with Crippen molar-refractivity contribution in [3.05, 3.63) is 40.9 Å². The summed E-state index contributed by atoms with van der Waals surface area (Å²) < 4.78 is 5.36. The Morgan fingerprint density at radius 3 is 2.81 bits per heavy atom. The Labute approximate surface area is 127 Å². The number of thiazole rings is 1. The SMILES string of the molecule is COc1ccccc1CC(C)N(C)c1nc(C(=O)O)cs1. The number of carbonyl (C=O) groups is 1. The molecule has 0 aliphatic rings. The highest BCUT2D eigenvalue weighted by molar-refractivity contribution is 7.13. The molecule has 0 radical (unpaired) electrons. The van der Waals surface area contributed by atoms with Gasteiger partial charge in [-0.2, -0.15) is 0 Å². The van der Waals surface area contributed by atoms with Crippen molar-refractivity contribution in [2.24, 2.45) is 0 Å². The van der Waals surface area contributed by atoms with E-state index >= 15 is 0 Å². The second-order valence-electron chi connectivity index (χ2n) is 4.80. The summed E-state index contributed by atoms with van der Waals surface area (Å²) in [6.45, 7) is 2.08. The van der Waals surface area contributed by atoms with Crippen molar-refractivity contribution < 1.29 is 14.6 Å². The largest absolute Gasteiger partial charge is 0.496 e. The minimum atomic E-state index is -0.997. The highest BCUT2D eigenvalue weighted by Crippen LogP contribution is 2.25. The van der Waals surface area contributed by atoms with Crippen molar-refractivity contribution in [1.82, 2.24) is 4.98 Å². The molecule has 6 heteroatoms. The number of methoxy groups -OCH3 is 1. The van der Waals surface area contributed by atoms with E-state index in [0.717, 1.165) is 17.7 Å². The van der Waals surface area contributed by atoms with Crippen LogP contribution in [-0.2, 0) is 6.42 Å². The maximum Gasteiger partial charge on any atom is 0.355 e. The van der Waals surface area contributed by atoms with Crippen LogP contribution in [0.2, 0.25) is 0 Å². The van der Waals surface area contributed by atoms with Crippen LogP contribution in [0, 0.1) is 0 Å². The molecule has 2 aromatic rings. The number of carboxylic acid groups (broad SMARTS) is 1. The first-order chi connectivity index (χ1) is 10.0. The van der Waals surface area contributed by atoms with Gasteiger partial charge in [0.05, 0.1) is 7.11 Å². The molecule has 1 atom stereocenters. The zero-order chi connectivity index (χ0) is 15.4. The standard InChI is InChI=1S/C15H18N2O3S/c1-10(8-11-6-4-5-7-13(11)20-3)17(2)15-16-12(9-21-15)14(18)19/h4-7,9-10H,8H2,1-3H3,(H,18,19). The number of rotatable bonds is 6. The molecule has 0 saturated heterocycles. The van der Waals surface area contributed by atoms with Crippen LogP contribution in [0.5, 0.6) is 5.75 Å². The highest BCUT2D eigenvalue weighted by atomic mass is 32.1. The summed E-state index contributed by atoms with van der Waals surface area (Å²) in [6.07, 6.45) is 0.794. The molecule has 2 rings (SSSR count). The van der Waals surface area contributed by atoms with Crippen molar-refractivity contribution >= 4 is 22.4 Å². The maximum atomic E-state index is 10.9. The lowest BCUT2D eigenvalue weighted by Crippen LogP contribution is -2.30. The summed E-state index contributed by atoms with van der Waals surface area (Å²) in [6, 6.07) is 8.07. The quantitative estimate of drug-likeness (QED) is 0.889. The van der Waals surface area contributed by atoms with Crippen molar-refractivity contribution in [2.75, 3.05) is 19.1 Å². The van der Waals surface area contributed by atoms with Crippen molar-refractivity contribution in [3.8, 4) is 5.75 Å². The van der Waals surface area contributed by atoms with Gasteiger partial charge < -0.3 is 14.7 Å². The molecule has 112 valence electrons. The van der Waals surface area contributed by atoms with Crippen LogP contribution in [0.3, 0.4) is 0 Å². The Morgan fingerprint density at radius 1 is 1.48 bits per heavy atom. The fourth-order valence-electron chi connectivity index (χ4n) is 2.04. The van der Waals surface area contributed by atoms with E-state index in [2.05, 4.69) is 11.9 Å². The molecule has 0 fully saturated rings. The number of anilines is 1. The highest BCUT2D eigenvalue weighted by Gasteiger charge is 2.17. The molecule has 0 aliphatic heterocycles. The van der Waals surface area contributed by atoms with Gasteiger partial charge in [-0.1, -0.05) is 18.2 Å². The Bertz CT molecular complexity index is 627. The molecule has 0 bridgehead atoms. The van der Waals surface area contributed by atoms with Gasteiger partial charge in [0.1, 0.15) is 5.75 Å². The molecule has 0 amide bonds. The Kier molecular flexibility index (Phi) is 4.80. The van der Waals surface area contributed by atoms with E-state index in [1.807, 2.05) is 36.2 Å². The van der Waals surface area contributed by atoms with E-state index in [0.29, 0.717) is 5.13 Å². The first kappa shape index (κ1) is 15.3. The summed E-state index contributed by atoms with van der Waals surface area (Å²) in [5, 5.41) is 11.2. The van der Waals surface area contributed by atoms with E-state index in [1.54, 1.807) is 12.5 Å². The normalized spacial score (nSPS) is 12.0. The lowest BCUT2D eigenvalue weighted by atomic mass is 10.1. The van der Waals surface area contributed by atoms with Gasteiger partial charge in [0.2, 0.25) is 0 Å². The molecule has 1 aromatic heterocycles. The number of aromatic nitrogens is 1. The average molecular weight is 306 g/mol. The molecule has 1 N–H and O–H groups in total. The molecule has 1 heterocycles. The number of aromatic carboxylic acids is 1. The number of ether oxygens (including phenoxy) is 1. The number of nitrogens with zero attached hydrogens (tertiary/aromatic N) is 2. The number of benzene rings is 1. The topological polar surface area (TPSA) is 62.7 Å². The molecule has 1 aromatic carbocycles. The molecule has 21 heavy (non-hydrogen) atoms. The average Bonchev–Trinajstić information content (AvgIpc) is 2.97. The predicted molar refractivity (Wildman–Crippen MR) is 83.6 cm³/mol. The Balaban J connectivity index is 2.11. The molecular weight excluding hydrogens is 288 g/mol. The van der Waals surface area contributed by atoms with E-state index < -0.39 is 5.97 Å². The molecule has 1 unspecified atom stereocenters. The van der Waals surface area contributed by atoms with Crippen LogP contribution in [0.15, 0.2) is 29.6 Å². The maximum absolute atomic E-state index is 10.9. The van der Waals surface area contributed by atoms with E-state index in [1.165, 1.54) is 11.3 Å². The second-order valence-corrected chi connectivity index (χ2v) is 5.63.